The third-order valence-corrected chi connectivity index (χ3v) is 2.51. The summed E-state index contributed by atoms with van der Waals surface area (Å²) in [4.78, 5) is 0. The number of oxime groups is 1. The number of nitrogens with zero attached hydrogens (tertiary/aromatic N) is 3. The van der Waals surface area contributed by atoms with Crippen LogP contribution in [0, 0.1) is 13.8 Å². The van der Waals surface area contributed by atoms with Crippen molar-refractivity contribution in [2.24, 2.45) is 10.9 Å². The third kappa shape index (κ3) is 4.86. The van der Waals surface area contributed by atoms with Gasteiger partial charge in [-0.25, -0.2) is 0 Å². The molecule has 0 radical (unpaired) electrons. The second-order valence-electron chi connectivity index (χ2n) is 4.10. The molecule has 0 saturated carbocycles. The predicted octanol–water partition coefficient (Wildman–Crippen LogP) is 0.616. The van der Waals surface area contributed by atoms with Crippen LogP contribution in [0.5, 0.6) is 0 Å². The summed E-state index contributed by atoms with van der Waals surface area (Å²) in [5.74, 6) is 0.260. The van der Waals surface area contributed by atoms with Crippen LogP contribution in [-0.4, -0.2) is 33.9 Å². The SMILES string of the molecule is Cc1cc(C)n(CCCNCC/C(N)=N/O)n1. The second kappa shape index (κ2) is 6.90. The minimum atomic E-state index is 0.260. The van der Waals surface area contributed by atoms with Crippen molar-refractivity contribution in [1.29, 1.82) is 0 Å². The quantitative estimate of drug-likeness (QED) is 0.214. The van der Waals surface area contributed by atoms with Crippen molar-refractivity contribution < 1.29 is 5.21 Å². The molecule has 0 fully saturated rings. The van der Waals surface area contributed by atoms with E-state index in [2.05, 4.69) is 28.6 Å². The number of hydrogen-bond acceptors (Lipinski definition) is 4. The molecule has 0 aliphatic rings. The average Bonchev–Trinajstić information content (AvgIpc) is 2.62. The zero-order valence-electron chi connectivity index (χ0n) is 10.5. The summed E-state index contributed by atoms with van der Waals surface area (Å²) >= 11 is 0. The van der Waals surface area contributed by atoms with Gasteiger partial charge in [0, 0.05) is 25.2 Å². The fourth-order valence-corrected chi connectivity index (χ4v) is 1.65. The van der Waals surface area contributed by atoms with E-state index < -0.39 is 0 Å². The van der Waals surface area contributed by atoms with Crippen LogP contribution in [0.4, 0.5) is 0 Å². The number of rotatable bonds is 7. The van der Waals surface area contributed by atoms with Crippen molar-refractivity contribution in [1.82, 2.24) is 15.1 Å². The molecule has 6 nitrogen and oxygen atoms in total. The topological polar surface area (TPSA) is 88.5 Å². The molecular weight excluding hydrogens is 218 g/mol. The summed E-state index contributed by atoms with van der Waals surface area (Å²) in [7, 11) is 0. The Labute approximate surface area is 101 Å². The van der Waals surface area contributed by atoms with Gasteiger partial charge in [0.25, 0.3) is 0 Å². The van der Waals surface area contributed by atoms with E-state index in [9.17, 15) is 0 Å². The highest BCUT2D eigenvalue weighted by molar-refractivity contribution is 5.79. The second-order valence-corrected chi connectivity index (χ2v) is 4.10. The minimum absolute atomic E-state index is 0.260. The third-order valence-electron chi connectivity index (χ3n) is 2.51. The van der Waals surface area contributed by atoms with Crippen LogP contribution in [0.3, 0.4) is 0 Å². The van der Waals surface area contributed by atoms with Crippen molar-refractivity contribution in [3.05, 3.63) is 17.5 Å². The van der Waals surface area contributed by atoms with Crippen molar-refractivity contribution in [3.8, 4) is 0 Å². The van der Waals surface area contributed by atoms with Crippen molar-refractivity contribution >= 4 is 5.84 Å². The van der Waals surface area contributed by atoms with E-state index in [0.717, 1.165) is 31.7 Å². The molecule has 0 bridgehead atoms. The van der Waals surface area contributed by atoms with Gasteiger partial charge >= 0.3 is 0 Å². The number of nitrogens with two attached hydrogens (primary N) is 1. The Kier molecular flexibility index (Phi) is 5.48. The Morgan fingerprint density at radius 1 is 1.53 bits per heavy atom. The van der Waals surface area contributed by atoms with Gasteiger partial charge < -0.3 is 16.3 Å². The number of amidine groups is 1. The van der Waals surface area contributed by atoms with Crippen LogP contribution in [0.15, 0.2) is 11.2 Å². The number of hydrogen-bond donors (Lipinski definition) is 3. The molecule has 0 saturated heterocycles. The van der Waals surface area contributed by atoms with Crippen molar-refractivity contribution in [2.45, 2.75) is 33.2 Å². The maximum atomic E-state index is 8.34. The fourth-order valence-electron chi connectivity index (χ4n) is 1.65. The van der Waals surface area contributed by atoms with E-state index in [0.29, 0.717) is 6.42 Å². The Hall–Kier alpha value is -1.56. The van der Waals surface area contributed by atoms with E-state index in [1.807, 2.05) is 11.6 Å². The van der Waals surface area contributed by atoms with E-state index in [1.54, 1.807) is 0 Å². The normalized spacial score (nSPS) is 12.0. The van der Waals surface area contributed by atoms with Crippen LogP contribution < -0.4 is 11.1 Å². The number of nitrogens with one attached hydrogen (secondary N) is 1. The molecule has 17 heavy (non-hydrogen) atoms. The molecule has 1 aromatic heterocycles. The Morgan fingerprint density at radius 3 is 2.88 bits per heavy atom. The van der Waals surface area contributed by atoms with E-state index in [4.69, 9.17) is 10.9 Å². The van der Waals surface area contributed by atoms with Crippen LogP contribution in [0.1, 0.15) is 24.2 Å². The van der Waals surface area contributed by atoms with E-state index >= 15 is 0 Å². The zero-order valence-corrected chi connectivity index (χ0v) is 10.5. The first kappa shape index (κ1) is 13.5. The first-order valence-corrected chi connectivity index (χ1v) is 5.81. The van der Waals surface area contributed by atoms with Gasteiger partial charge in [0.15, 0.2) is 0 Å². The zero-order chi connectivity index (χ0) is 12.7. The highest BCUT2D eigenvalue weighted by Gasteiger charge is 1.99. The van der Waals surface area contributed by atoms with Crippen LogP contribution in [0.25, 0.3) is 0 Å². The molecule has 0 aliphatic heterocycles. The summed E-state index contributed by atoms with van der Waals surface area (Å²) in [5, 5.41) is 18.9. The first-order chi connectivity index (χ1) is 8.13. The maximum Gasteiger partial charge on any atom is 0.140 e. The van der Waals surface area contributed by atoms with E-state index in [1.165, 1.54) is 5.69 Å². The monoisotopic (exact) mass is 239 g/mol. The molecule has 96 valence electrons. The highest BCUT2D eigenvalue weighted by Crippen LogP contribution is 2.02. The van der Waals surface area contributed by atoms with Crippen molar-refractivity contribution in [2.75, 3.05) is 13.1 Å². The highest BCUT2D eigenvalue weighted by atomic mass is 16.4. The van der Waals surface area contributed by atoms with Gasteiger partial charge in [-0.3, -0.25) is 4.68 Å². The molecule has 0 aliphatic carbocycles. The molecule has 0 spiro atoms. The van der Waals surface area contributed by atoms with Gasteiger partial charge in [-0.2, -0.15) is 5.10 Å². The molecule has 1 aromatic rings. The van der Waals surface area contributed by atoms with Crippen LogP contribution in [0.2, 0.25) is 0 Å². The summed E-state index contributed by atoms with van der Waals surface area (Å²) in [6.45, 7) is 6.60. The van der Waals surface area contributed by atoms with Crippen LogP contribution >= 0.6 is 0 Å². The summed E-state index contributed by atoms with van der Waals surface area (Å²) in [5.41, 5.74) is 7.60. The molecule has 1 heterocycles. The van der Waals surface area contributed by atoms with Gasteiger partial charge in [0.05, 0.1) is 5.69 Å². The number of aromatic nitrogens is 2. The largest absolute Gasteiger partial charge is 0.409 e. The average molecular weight is 239 g/mol. The molecule has 0 aromatic carbocycles. The lowest BCUT2D eigenvalue weighted by atomic mass is 10.3. The molecule has 1 rings (SSSR count). The van der Waals surface area contributed by atoms with Gasteiger partial charge in [-0.1, -0.05) is 5.16 Å². The first-order valence-electron chi connectivity index (χ1n) is 5.81. The summed E-state index contributed by atoms with van der Waals surface area (Å²) in [6, 6.07) is 2.08. The summed E-state index contributed by atoms with van der Waals surface area (Å²) in [6.07, 6.45) is 1.58. The summed E-state index contributed by atoms with van der Waals surface area (Å²) < 4.78 is 2.01. The van der Waals surface area contributed by atoms with Gasteiger partial charge in [-0.15, -0.1) is 0 Å². The molecule has 4 N–H and O–H groups in total. The Morgan fingerprint density at radius 2 is 2.29 bits per heavy atom. The molecule has 0 atom stereocenters. The minimum Gasteiger partial charge on any atom is -0.409 e. The molecule has 6 heteroatoms. The molecular formula is C11H21N5O. The van der Waals surface area contributed by atoms with Gasteiger partial charge in [0.1, 0.15) is 5.84 Å². The molecule has 0 amide bonds. The van der Waals surface area contributed by atoms with E-state index in [-0.39, 0.29) is 5.84 Å². The smallest absolute Gasteiger partial charge is 0.140 e. The lowest BCUT2D eigenvalue weighted by Crippen LogP contribution is -2.24. The number of aryl methyl sites for hydroxylation is 3. The predicted molar refractivity (Wildman–Crippen MR) is 67.2 cm³/mol. The van der Waals surface area contributed by atoms with Crippen molar-refractivity contribution in [3.63, 3.8) is 0 Å². The standard InChI is InChI=1S/C11H21N5O/c1-9-8-10(2)16(14-9)7-3-5-13-6-4-11(12)15-17/h8,13,17H,3-7H2,1-2H3,(H2,12,15). The van der Waals surface area contributed by atoms with Gasteiger partial charge in [0.2, 0.25) is 0 Å². The molecule has 0 unspecified atom stereocenters. The maximum absolute atomic E-state index is 8.34. The fraction of sp³-hybridized carbons (Fsp3) is 0.636. The van der Waals surface area contributed by atoms with Crippen LogP contribution in [-0.2, 0) is 6.54 Å². The lowest BCUT2D eigenvalue weighted by Gasteiger charge is -2.05. The lowest BCUT2D eigenvalue weighted by molar-refractivity contribution is 0.316. The Balaban J connectivity index is 2.10. The van der Waals surface area contributed by atoms with Gasteiger partial charge in [-0.05, 0) is 32.9 Å². The Bertz CT molecular complexity index is 372.